The van der Waals surface area contributed by atoms with Gasteiger partial charge in [0.05, 0.1) is 20.2 Å². The lowest BCUT2D eigenvalue weighted by atomic mass is 9.91. The van der Waals surface area contributed by atoms with E-state index in [9.17, 15) is 10.4 Å². The average Bonchev–Trinajstić information content (AvgIpc) is 2.54. The number of hydroxylamine groups is 6. The first-order valence-corrected chi connectivity index (χ1v) is 8.35. The van der Waals surface area contributed by atoms with Crippen LogP contribution in [0.3, 0.4) is 0 Å². The largest absolute Gasteiger partial charge is 0.634 e. The highest BCUT2D eigenvalue weighted by Gasteiger charge is 2.29. The molecule has 2 fully saturated rings. The third kappa shape index (κ3) is 5.39. The highest BCUT2D eigenvalue weighted by Crippen LogP contribution is 2.18. The van der Waals surface area contributed by atoms with Gasteiger partial charge in [0.25, 0.3) is 0 Å². The molecule has 4 N–H and O–H groups in total. The fourth-order valence-corrected chi connectivity index (χ4v) is 3.46. The topological polar surface area (TPSA) is 97.5 Å². The Morgan fingerprint density at radius 3 is 1.82 bits per heavy atom. The molecule has 2 atom stereocenters. The van der Waals surface area contributed by atoms with E-state index in [1.807, 2.05) is 0 Å². The van der Waals surface area contributed by atoms with E-state index < -0.39 is 0 Å². The summed E-state index contributed by atoms with van der Waals surface area (Å²) in [5.74, 6) is 0. The zero-order valence-electron chi connectivity index (χ0n) is 13.6. The van der Waals surface area contributed by atoms with Crippen LogP contribution in [0.25, 0.3) is 0 Å². The molecule has 2 saturated carbocycles. The van der Waals surface area contributed by atoms with Crippen LogP contribution in [-0.2, 0) is 9.78 Å². The summed E-state index contributed by atoms with van der Waals surface area (Å²) in [6.45, 7) is 0. The minimum absolute atomic E-state index is 0.0606. The molecule has 0 radical (unpaired) electrons. The first-order chi connectivity index (χ1) is 10.6. The number of hydrogen-bond donors (Lipinski definition) is 4. The number of nitrogens with one attached hydrogen (secondary N) is 4. The lowest BCUT2D eigenvalue weighted by Crippen LogP contribution is -3.13. The second-order valence-electron chi connectivity index (χ2n) is 6.57. The lowest BCUT2D eigenvalue weighted by Gasteiger charge is -2.37. The van der Waals surface area contributed by atoms with Gasteiger partial charge in [0, 0.05) is 37.8 Å². The minimum Gasteiger partial charge on any atom is -0.634 e. The minimum atomic E-state index is -0.167. The van der Waals surface area contributed by atoms with Gasteiger partial charge in [-0.05, 0) is 25.7 Å². The molecule has 8 nitrogen and oxygen atoms in total. The molecule has 2 rings (SSSR count). The Morgan fingerprint density at radius 1 is 0.818 bits per heavy atom. The highest BCUT2D eigenvalue weighted by molar-refractivity contribution is 4.77. The Labute approximate surface area is 132 Å². The summed E-state index contributed by atoms with van der Waals surface area (Å²) < 4.78 is 0. The van der Waals surface area contributed by atoms with Crippen LogP contribution in [0, 0.1) is 10.4 Å². The maximum absolute atomic E-state index is 12.1. The SMILES string of the molecule is CONC1CCC(NO[NH+]([O-])C2CCC([NH+](C)[O-])CC2)CC1. The Hall–Kier alpha value is -0.320. The van der Waals surface area contributed by atoms with Crippen LogP contribution in [0.15, 0.2) is 0 Å². The summed E-state index contributed by atoms with van der Waals surface area (Å²) >= 11 is 0. The van der Waals surface area contributed by atoms with Crippen molar-refractivity contribution in [3.63, 3.8) is 0 Å². The second kappa shape index (κ2) is 9.09. The normalized spacial score (nSPS) is 36.0. The van der Waals surface area contributed by atoms with Crippen molar-refractivity contribution in [2.24, 2.45) is 0 Å². The summed E-state index contributed by atoms with van der Waals surface area (Å²) in [6.07, 6.45) is 7.08. The van der Waals surface area contributed by atoms with E-state index in [0.717, 1.165) is 51.4 Å². The first-order valence-electron chi connectivity index (χ1n) is 8.35. The van der Waals surface area contributed by atoms with Crippen molar-refractivity contribution in [2.45, 2.75) is 75.5 Å². The molecule has 0 aliphatic heterocycles. The van der Waals surface area contributed by atoms with Crippen molar-refractivity contribution < 1.29 is 20.1 Å². The van der Waals surface area contributed by atoms with Gasteiger partial charge >= 0.3 is 0 Å². The standard InChI is InChI=1S/C14H30N4O4/c1-17(19)13-7-9-14(10-8-13)18(20)22-16-12-5-3-11(4-6-12)15-21-2/h11-18H,3-10H2,1-2H3. The quantitative estimate of drug-likeness (QED) is 0.431. The van der Waals surface area contributed by atoms with Gasteiger partial charge in [-0.1, -0.05) is 0 Å². The van der Waals surface area contributed by atoms with E-state index in [0.29, 0.717) is 6.04 Å². The molecular weight excluding hydrogens is 288 g/mol. The van der Waals surface area contributed by atoms with Gasteiger partial charge in [0.15, 0.2) is 0 Å². The van der Waals surface area contributed by atoms with Gasteiger partial charge in [0.1, 0.15) is 6.04 Å². The highest BCUT2D eigenvalue weighted by atomic mass is 17.0. The van der Waals surface area contributed by atoms with Crippen LogP contribution < -0.4 is 21.2 Å². The predicted molar refractivity (Wildman–Crippen MR) is 81.0 cm³/mol. The van der Waals surface area contributed by atoms with Crippen molar-refractivity contribution in [1.29, 1.82) is 0 Å². The molecule has 130 valence electrons. The fourth-order valence-electron chi connectivity index (χ4n) is 3.46. The lowest BCUT2D eigenvalue weighted by molar-refractivity contribution is -1.08. The van der Waals surface area contributed by atoms with Crippen LogP contribution in [0.2, 0.25) is 0 Å². The van der Waals surface area contributed by atoms with E-state index in [4.69, 9.17) is 9.78 Å². The maximum Gasteiger partial charge on any atom is 0.119 e. The zero-order valence-corrected chi connectivity index (χ0v) is 13.6. The Bertz CT molecular complexity index is 305. The van der Waals surface area contributed by atoms with Crippen molar-refractivity contribution >= 4 is 0 Å². The van der Waals surface area contributed by atoms with Crippen LogP contribution >= 0.6 is 0 Å². The average molecular weight is 318 g/mol. The number of rotatable bonds is 7. The van der Waals surface area contributed by atoms with Crippen LogP contribution in [0.5, 0.6) is 0 Å². The Balaban J connectivity index is 1.61. The van der Waals surface area contributed by atoms with Gasteiger partial charge < -0.3 is 20.3 Å². The third-order valence-corrected chi connectivity index (χ3v) is 4.97. The van der Waals surface area contributed by atoms with Crippen molar-refractivity contribution in [2.75, 3.05) is 14.2 Å². The first kappa shape index (κ1) is 18.0. The molecule has 0 aromatic rings. The van der Waals surface area contributed by atoms with E-state index in [1.54, 1.807) is 14.2 Å². The molecule has 0 saturated heterocycles. The second-order valence-corrected chi connectivity index (χ2v) is 6.57. The van der Waals surface area contributed by atoms with Crippen LogP contribution in [-0.4, -0.2) is 38.3 Å². The molecule has 0 aromatic carbocycles. The summed E-state index contributed by atoms with van der Waals surface area (Å²) in [6, 6.07) is 0.697. The molecular formula is C14H30N4O4. The van der Waals surface area contributed by atoms with Gasteiger partial charge in [0.2, 0.25) is 0 Å². The molecule has 2 aliphatic carbocycles. The van der Waals surface area contributed by atoms with E-state index in [1.165, 1.54) is 0 Å². The monoisotopic (exact) mass is 318 g/mol. The fraction of sp³-hybridized carbons (Fsp3) is 1.00. The Morgan fingerprint density at radius 2 is 1.32 bits per heavy atom. The number of hydrogen-bond acceptors (Lipinski definition) is 6. The number of quaternary nitrogens is 2. The Kier molecular flexibility index (Phi) is 7.45. The van der Waals surface area contributed by atoms with Gasteiger partial charge in [-0.15, -0.1) is 10.4 Å². The van der Waals surface area contributed by atoms with E-state index >= 15 is 0 Å². The molecule has 0 bridgehead atoms. The van der Waals surface area contributed by atoms with E-state index in [-0.39, 0.29) is 28.4 Å². The molecule has 0 amide bonds. The van der Waals surface area contributed by atoms with Crippen LogP contribution in [0.4, 0.5) is 0 Å². The van der Waals surface area contributed by atoms with Crippen molar-refractivity contribution in [3.8, 4) is 0 Å². The van der Waals surface area contributed by atoms with Crippen molar-refractivity contribution in [1.82, 2.24) is 11.0 Å². The molecule has 22 heavy (non-hydrogen) atoms. The van der Waals surface area contributed by atoms with Gasteiger partial charge in [-0.25, -0.2) is 5.23 Å². The van der Waals surface area contributed by atoms with Gasteiger partial charge in [-0.3, -0.25) is 0 Å². The van der Waals surface area contributed by atoms with Gasteiger partial charge in [-0.2, -0.15) is 5.48 Å². The third-order valence-electron chi connectivity index (χ3n) is 4.97. The molecule has 8 heteroatoms. The van der Waals surface area contributed by atoms with Crippen LogP contribution in [0.1, 0.15) is 51.4 Å². The zero-order chi connectivity index (χ0) is 15.9. The predicted octanol–water partition coefficient (Wildman–Crippen LogP) is -1.41. The smallest absolute Gasteiger partial charge is 0.119 e. The summed E-state index contributed by atoms with van der Waals surface area (Å²) in [5, 5.41) is 23.5. The molecule has 0 aromatic heterocycles. The van der Waals surface area contributed by atoms with E-state index in [2.05, 4.69) is 11.0 Å². The summed E-state index contributed by atoms with van der Waals surface area (Å²) in [5.41, 5.74) is 5.90. The molecule has 2 aliphatic rings. The molecule has 0 heterocycles. The summed E-state index contributed by atoms with van der Waals surface area (Å²) in [7, 11) is 3.27. The molecule has 0 spiro atoms. The molecule has 2 unspecified atom stereocenters. The summed E-state index contributed by atoms with van der Waals surface area (Å²) in [4.78, 5) is 10.2. The maximum atomic E-state index is 12.1. The van der Waals surface area contributed by atoms with Crippen molar-refractivity contribution in [3.05, 3.63) is 10.4 Å².